The van der Waals surface area contributed by atoms with Crippen molar-refractivity contribution < 1.29 is 9.59 Å². The molecule has 84 valence electrons. The first-order valence-corrected chi connectivity index (χ1v) is 6.51. The van der Waals surface area contributed by atoms with Crippen LogP contribution < -0.4 is 0 Å². The maximum absolute atomic E-state index is 11.7. The number of aryl methyl sites for hydroxylation is 1. The molecule has 3 rings (SSSR count). The molecule has 0 bridgehead atoms. The molecule has 1 saturated heterocycles. The molecular weight excluding hydrogens is 222 g/mol. The van der Waals surface area contributed by atoms with E-state index in [0.29, 0.717) is 6.54 Å². The lowest BCUT2D eigenvalue weighted by molar-refractivity contribution is -0.130. The van der Waals surface area contributed by atoms with Crippen LogP contribution in [0.25, 0.3) is 0 Å². The van der Waals surface area contributed by atoms with Crippen LogP contribution in [0, 0.1) is 0 Å². The topological polar surface area (TPSA) is 37.4 Å². The van der Waals surface area contributed by atoms with Gasteiger partial charge < -0.3 is 4.90 Å². The summed E-state index contributed by atoms with van der Waals surface area (Å²) < 4.78 is 0. The zero-order chi connectivity index (χ0) is 11.1. The van der Waals surface area contributed by atoms with Crippen LogP contribution in [0.1, 0.15) is 35.7 Å². The molecule has 1 aliphatic heterocycles. The van der Waals surface area contributed by atoms with E-state index >= 15 is 0 Å². The first-order valence-electron chi connectivity index (χ1n) is 5.63. The van der Waals surface area contributed by atoms with Gasteiger partial charge in [0.25, 0.3) is 0 Å². The Morgan fingerprint density at radius 3 is 3.00 bits per heavy atom. The van der Waals surface area contributed by atoms with Gasteiger partial charge in [-0.25, -0.2) is 0 Å². The second kappa shape index (κ2) is 3.70. The van der Waals surface area contributed by atoms with E-state index in [1.165, 1.54) is 10.4 Å². The Bertz CT molecular complexity index is 452. The Morgan fingerprint density at radius 1 is 1.38 bits per heavy atom. The smallest absolute Gasteiger partial charge is 0.231 e. The van der Waals surface area contributed by atoms with Crippen molar-refractivity contribution in [1.29, 1.82) is 0 Å². The first kappa shape index (κ1) is 10.0. The molecule has 4 heteroatoms. The maximum atomic E-state index is 11.7. The minimum Gasteiger partial charge on any atom is -0.328 e. The molecule has 1 atom stereocenters. The molecule has 1 amide bonds. The highest BCUT2D eigenvalue weighted by atomic mass is 32.1. The molecule has 0 saturated carbocycles. The summed E-state index contributed by atoms with van der Waals surface area (Å²) in [7, 11) is 0. The third-order valence-corrected chi connectivity index (χ3v) is 4.41. The molecule has 0 radical (unpaired) electrons. The zero-order valence-electron chi connectivity index (χ0n) is 8.94. The number of rotatable bonds is 1. The second-order valence-electron chi connectivity index (χ2n) is 4.44. The van der Waals surface area contributed by atoms with Gasteiger partial charge in [-0.15, -0.1) is 11.3 Å². The van der Waals surface area contributed by atoms with Crippen molar-refractivity contribution >= 4 is 23.0 Å². The van der Waals surface area contributed by atoms with Crippen LogP contribution in [-0.4, -0.2) is 23.1 Å². The number of ketones is 1. The van der Waals surface area contributed by atoms with Crippen LogP contribution in [0.5, 0.6) is 0 Å². The SMILES string of the molecule is O=C1CC(=O)N(C2CCCc3sccc32)C1. The third kappa shape index (κ3) is 1.48. The lowest BCUT2D eigenvalue weighted by atomic mass is 9.93. The van der Waals surface area contributed by atoms with Crippen LogP contribution >= 0.6 is 11.3 Å². The molecule has 2 heterocycles. The van der Waals surface area contributed by atoms with Crippen LogP contribution in [0.3, 0.4) is 0 Å². The van der Waals surface area contributed by atoms with Gasteiger partial charge >= 0.3 is 0 Å². The monoisotopic (exact) mass is 235 g/mol. The van der Waals surface area contributed by atoms with E-state index in [4.69, 9.17) is 0 Å². The summed E-state index contributed by atoms with van der Waals surface area (Å²) in [6, 6.07) is 2.27. The normalized spacial score (nSPS) is 25.0. The molecule has 0 aromatic carbocycles. The largest absolute Gasteiger partial charge is 0.328 e. The van der Waals surface area contributed by atoms with Crippen molar-refractivity contribution in [3.8, 4) is 0 Å². The average molecular weight is 235 g/mol. The van der Waals surface area contributed by atoms with Gasteiger partial charge in [0.1, 0.15) is 0 Å². The van der Waals surface area contributed by atoms with E-state index in [0.717, 1.165) is 19.3 Å². The van der Waals surface area contributed by atoms with E-state index in [9.17, 15) is 9.59 Å². The van der Waals surface area contributed by atoms with Crippen molar-refractivity contribution in [1.82, 2.24) is 4.90 Å². The summed E-state index contributed by atoms with van der Waals surface area (Å²) in [5.74, 6) is 0.0707. The molecule has 3 nitrogen and oxygen atoms in total. The van der Waals surface area contributed by atoms with E-state index in [-0.39, 0.29) is 24.2 Å². The number of thiophene rings is 1. The number of carbonyl (C=O) groups excluding carboxylic acids is 2. The van der Waals surface area contributed by atoms with Gasteiger partial charge in [-0.2, -0.15) is 0 Å². The third-order valence-electron chi connectivity index (χ3n) is 3.41. The zero-order valence-corrected chi connectivity index (χ0v) is 9.76. The fourth-order valence-electron chi connectivity index (χ4n) is 2.67. The highest BCUT2D eigenvalue weighted by molar-refractivity contribution is 7.10. The predicted octanol–water partition coefficient (Wildman–Crippen LogP) is 1.93. The first-order chi connectivity index (χ1) is 7.75. The molecule has 0 spiro atoms. The predicted molar refractivity (Wildman–Crippen MR) is 61.3 cm³/mol. The molecule has 2 aliphatic rings. The van der Waals surface area contributed by atoms with Crippen LogP contribution in [0.15, 0.2) is 11.4 Å². The average Bonchev–Trinajstić information content (AvgIpc) is 2.84. The van der Waals surface area contributed by atoms with Gasteiger partial charge in [0, 0.05) is 4.88 Å². The number of nitrogens with zero attached hydrogens (tertiary/aromatic N) is 1. The second-order valence-corrected chi connectivity index (χ2v) is 5.44. The summed E-state index contributed by atoms with van der Waals surface area (Å²) in [6.45, 7) is 0.318. The van der Waals surface area contributed by atoms with E-state index < -0.39 is 0 Å². The van der Waals surface area contributed by atoms with Crippen molar-refractivity contribution in [2.75, 3.05) is 6.54 Å². The number of Topliss-reactive ketones (excluding diaryl/α,β-unsaturated/α-hetero) is 1. The van der Waals surface area contributed by atoms with E-state index in [1.807, 2.05) is 0 Å². The Balaban J connectivity index is 1.92. The minimum absolute atomic E-state index is 0.00838. The van der Waals surface area contributed by atoms with Crippen LogP contribution in [-0.2, 0) is 16.0 Å². The molecule has 1 aromatic heterocycles. The van der Waals surface area contributed by atoms with Gasteiger partial charge in [0.05, 0.1) is 19.0 Å². The fraction of sp³-hybridized carbons (Fsp3) is 0.500. The summed E-state index contributed by atoms with van der Waals surface area (Å²) in [6.07, 6.45) is 3.36. The molecule has 1 unspecified atom stereocenters. The van der Waals surface area contributed by atoms with Crippen molar-refractivity contribution in [2.45, 2.75) is 31.7 Å². The van der Waals surface area contributed by atoms with Crippen molar-refractivity contribution in [2.24, 2.45) is 0 Å². The Morgan fingerprint density at radius 2 is 2.25 bits per heavy atom. The van der Waals surface area contributed by atoms with E-state index in [1.54, 1.807) is 16.2 Å². The molecule has 1 aromatic rings. The molecule has 1 aliphatic carbocycles. The standard InChI is InChI=1S/C12H13NO2S/c14-8-6-12(15)13(7-8)10-2-1-3-11-9(10)4-5-16-11/h4-5,10H,1-3,6-7H2. The molecule has 0 N–H and O–H groups in total. The number of likely N-dealkylation sites (tertiary alicyclic amines) is 1. The molecular formula is C12H13NO2S. The quantitative estimate of drug-likeness (QED) is 0.697. The highest BCUT2D eigenvalue weighted by Gasteiger charge is 2.35. The summed E-state index contributed by atoms with van der Waals surface area (Å²) in [5.41, 5.74) is 1.28. The van der Waals surface area contributed by atoms with Gasteiger partial charge in [0.2, 0.25) is 5.91 Å². The van der Waals surface area contributed by atoms with Crippen LogP contribution in [0.4, 0.5) is 0 Å². The summed E-state index contributed by atoms with van der Waals surface area (Å²) in [5, 5.41) is 2.09. The van der Waals surface area contributed by atoms with E-state index in [2.05, 4.69) is 11.4 Å². The van der Waals surface area contributed by atoms with Gasteiger partial charge in [-0.1, -0.05) is 0 Å². The van der Waals surface area contributed by atoms with Gasteiger partial charge in [-0.05, 0) is 36.3 Å². The molecule has 1 fully saturated rings. The molecule has 16 heavy (non-hydrogen) atoms. The minimum atomic E-state index is 0.00838. The highest BCUT2D eigenvalue weighted by Crippen LogP contribution is 2.38. The Labute approximate surface area is 98.1 Å². The van der Waals surface area contributed by atoms with Crippen LogP contribution in [0.2, 0.25) is 0 Å². The fourth-order valence-corrected chi connectivity index (χ4v) is 3.66. The number of carbonyl (C=O) groups is 2. The Kier molecular flexibility index (Phi) is 2.32. The summed E-state index contributed by atoms with van der Waals surface area (Å²) >= 11 is 1.77. The lowest BCUT2D eigenvalue weighted by Gasteiger charge is -2.30. The number of hydrogen-bond acceptors (Lipinski definition) is 3. The van der Waals surface area contributed by atoms with Gasteiger partial charge in [0.15, 0.2) is 5.78 Å². The number of fused-ring (bicyclic) bond motifs is 1. The van der Waals surface area contributed by atoms with Gasteiger partial charge in [-0.3, -0.25) is 9.59 Å². The lowest BCUT2D eigenvalue weighted by Crippen LogP contribution is -2.32. The Hall–Kier alpha value is -1.16. The van der Waals surface area contributed by atoms with Crippen molar-refractivity contribution in [3.63, 3.8) is 0 Å². The van der Waals surface area contributed by atoms with Crippen molar-refractivity contribution in [3.05, 3.63) is 21.9 Å². The number of amides is 1. The summed E-state index contributed by atoms with van der Waals surface area (Å²) in [4.78, 5) is 26.2. The number of hydrogen-bond donors (Lipinski definition) is 0. The maximum Gasteiger partial charge on any atom is 0.231 e.